The zero-order valence-electron chi connectivity index (χ0n) is 11.9. The molecule has 2 rings (SSSR count). The van der Waals surface area contributed by atoms with Crippen LogP contribution in [0.2, 0.25) is 0 Å². The van der Waals surface area contributed by atoms with Crippen molar-refractivity contribution in [1.82, 2.24) is 0 Å². The summed E-state index contributed by atoms with van der Waals surface area (Å²) in [5, 5.41) is 23.6. The molecule has 0 aliphatic rings. The Hall–Kier alpha value is -2.84. The average molecular weight is 414 g/mol. The van der Waals surface area contributed by atoms with Crippen LogP contribution in [0, 0.1) is 26.2 Å². The Labute approximate surface area is 147 Å². The molecule has 23 heavy (non-hydrogen) atoms. The number of halogens is 1. The summed E-state index contributed by atoms with van der Waals surface area (Å²) in [6, 6.07) is 17.9. The van der Waals surface area contributed by atoms with Crippen LogP contribution in [0.25, 0.3) is 0 Å². The second kappa shape index (κ2) is 7.97. The number of hydrogen-bond donors (Lipinski definition) is 2. The van der Waals surface area contributed by atoms with Gasteiger partial charge in [0.2, 0.25) is 0 Å². The molecule has 1 amide bonds. The summed E-state index contributed by atoms with van der Waals surface area (Å²) in [4.78, 5) is 12.1. The summed E-state index contributed by atoms with van der Waals surface area (Å²) < 4.78 is 1.09. The minimum Gasteiger partial charge on any atom is -0.360 e. The molecule has 0 aliphatic carbocycles. The third-order valence-corrected chi connectivity index (χ3v) is 3.61. The van der Waals surface area contributed by atoms with Crippen LogP contribution in [0.15, 0.2) is 60.3 Å². The van der Waals surface area contributed by atoms with Crippen molar-refractivity contribution in [2.45, 2.75) is 0 Å². The molecule has 2 aromatic rings. The van der Waals surface area contributed by atoms with Crippen molar-refractivity contribution < 1.29 is 4.79 Å². The maximum absolute atomic E-state index is 12.1. The molecule has 5 nitrogen and oxygen atoms in total. The maximum Gasteiger partial charge on any atom is 0.267 e. The van der Waals surface area contributed by atoms with Gasteiger partial charge in [0.1, 0.15) is 17.7 Å². The molecular formula is C17H11IN4O. The molecule has 0 atom stereocenters. The quantitative estimate of drug-likeness (QED) is 0.455. The zero-order chi connectivity index (χ0) is 16.7. The van der Waals surface area contributed by atoms with Crippen molar-refractivity contribution in [1.29, 1.82) is 10.5 Å². The Bertz CT molecular complexity index is 829. The van der Waals surface area contributed by atoms with E-state index in [-0.39, 0.29) is 5.57 Å². The molecule has 0 unspecified atom stereocenters. The van der Waals surface area contributed by atoms with Crippen LogP contribution in [-0.2, 0) is 4.79 Å². The average Bonchev–Trinajstić information content (AvgIpc) is 2.57. The van der Waals surface area contributed by atoms with E-state index in [2.05, 4.69) is 33.2 Å². The van der Waals surface area contributed by atoms with Crippen LogP contribution in [0.3, 0.4) is 0 Å². The monoisotopic (exact) mass is 414 g/mol. The minimum atomic E-state index is -0.576. The smallest absolute Gasteiger partial charge is 0.267 e. The van der Waals surface area contributed by atoms with Crippen LogP contribution >= 0.6 is 22.6 Å². The first kappa shape index (κ1) is 16.5. The summed E-state index contributed by atoms with van der Waals surface area (Å²) in [6.45, 7) is 0. The van der Waals surface area contributed by atoms with Gasteiger partial charge in [0, 0.05) is 15.5 Å². The second-order valence-corrected chi connectivity index (χ2v) is 5.68. The number of nitrogens with one attached hydrogen (secondary N) is 2. The maximum atomic E-state index is 12.1. The van der Waals surface area contributed by atoms with Crippen molar-refractivity contribution in [2.75, 3.05) is 10.6 Å². The summed E-state index contributed by atoms with van der Waals surface area (Å²) >= 11 is 2.19. The molecule has 2 aromatic carbocycles. The Morgan fingerprint density at radius 1 is 1.09 bits per heavy atom. The number of nitrogens with zero attached hydrogens (tertiary/aromatic N) is 2. The van der Waals surface area contributed by atoms with Gasteiger partial charge in [0.15, 0.2) is 0 Å². The number of para-hydroxylation sites is 1. The van der Waals surface area contributed by atoms with Gasteiger partial charge in [-0.1, -0.05) is 12.1 Å². The lowest BCUT2D eigenvalue weighted by molar-refractivity contribution is -0.112. The van der Waals surface area contributed by atoms with E-state index in [1.165, 1.54) is 6.20 Å². The molecule has 6 heteroatoms. The topological polar surface area (TPSA) is 88.7 Å². The standard InChI is InChI=1S/C17H11IN4O/c18-14-5-7-15(8-6-14)21-11-13(10-20)17(23)22-16-4-2-1-3-12(16)9-19/h1-8,11,21H,(H,22,23)/b13-11-. The first-order valence-electron chi connectivity index (χ1n) is 6.57. The lowest BCUT2D eigenvalue weighted by atomic mass is 10.2. The fourth-order valence-corrected chi connectivity index (χ4v) is 2.09. The van der Waals surface area contributed by atoms with Crippen LogP contribution in [0.5, 0.6) is 0 Å². The number of amides is 1. The molecule has 0 spiro atoms. The van der Waals surface area contributed by atoms with E-state index in [0.717, 1.165) is 9.26 Å². The van der Waals surface area contributed by atoms with Crippen LogP contribution in [0.1, 0.15) is 5.56 Å². The lowest BCUT2D eigenvalue weighted by Crippen LogP contribution is -2.15. The van der Waals surface area contributed by atoms with E-state index < -0.39 is 5.91 Å². The summed E-state index contributed by atoms with van der Waals surface area (Å²) in [6.07, 6.45) is 1.34. The Balaban J connectivity index is 2.12. The molecular weight excluding hydrogens is 403 g/mol. The molecule has 0 aliphatic heterocycles. The Kier molecular flexibility index (Phi) is 5.73. The second-order valence-electron chi connectivity index (χ2n) is 4.43. The third kappa shape index (κ3) is 4.56. The number of anilines is 2. The molecule has 0 radical (unpaired) electrons. The SMILES string of the molecule is N#C/C(=C/Nc1ccc(I)cc1)C(=O)Nc1ccccc1C#N. The van der Waals surface area contributed by atoms with Gasteiger partial charge >= 0.3 is 0 Å². The van der Waals surface area contributed by atoms with E-state index in [1.54, 1.807) is 24.3 Å². The molecule has 0 aromatic heterocycles. The van der Waals surface area contributed by atoms with Gasteiger partial charge in [-0.2, -0.15) is 10.5 Å². The van der Waals surface area contributed by atoms with Gasteiger partial charge in [-0.05, 0) is 59.0 Å². The third-order valence-electron chi connectivity index (χ3n) is 2.89. The number of rotatable bonds is 4. The van der Waals surface area contributed by atoms with Crippen LogP contribution in [-0.4, -0.2) is 5.91 Å². The first-order chi connectivity index (χ1) is 11.1. The van der Waals surface area contributed by atoms with Gasteiger partial charge in [-0.3, -0.25) is 4.79 Å². The Morgan fingerprint density at radius 2 is 1.78 bits per heavy atom. The van der Waals surface area contributed by atoms with E-state index in [1.807, 2.05) is 36.4 Å². The number of hydrogen-bond acceptors (Lipinski definition) is 4. The summed E-state index contributed by atoms with van der Waals surface area (Å²) in [5.41, 5.74) is 1.39. The van der Waals surface area contributed by atoms with Gasteiger partial charge in [0.05, 0.1) is 11.3 Å². The van der Waals surface area contributed by atoms with Gasteiger partial charge < -0.3 is 10.6 Å². The van der Waals surface area contributed by atoms with E-state index in [4.69, 9.17) is 10.5 Å². The predicted octanol–water partition coefficient (Wildman–Crippen LogP) is 3.62. The summed E-state index contributed by atoms with van der Waals surface area (Å²) in [7, 11) is 0. The first-order valence-corrected chi connectivity index (χ1v) is 7.65. The van der Waals surface area contributed by atoms with Crippen molar-refractivity contribution in [3.05, 3.63) is 69.4 Å². The normalized spacial score (nSPS) is 10.3. The van der Waals surface area contributed by atoms with E-state index >= 15 is 0 Å². The van der Waals surface area contributed by atoms with Crippen LogP contribution in [0.4, 0.5) is 11.4 Å². The molecule has 0 saturated carbocycles. The van der Waals surface area contributed by atoms with E-state index in [9.17, 15) is 4.79 Å². The molecule has 0 bridgehead atoms. The van der Waals surface area contributed by atoms with Crippen molar-refractivity contribution in [2.24, 2.45) is 0 Å². The highest BCUT2D eigenvalue weighted by Crippen LogP contribution is 2.15. The Morgan fingerprint density at radius 3 is 2.43 bits per heavy atom. The predicted molar refractivity (Wildman–Crippen MR) is 96.3 cm³/mol. The van der Waals surface area contributed by atoms with Crippen molar-refractivity contribution >= 4 is 39.9 Å². The lowest BCUT2D eigenvalue weighted by Gasteiger charge is -2.06. The highest BCUT2D eigenvalue weighted by atomic mass is 127. The fraction of sp³-hybridized carbons (Fsp3) is 0. The van der Waals surface area contributed by atoms with Gasteiger partial charge in [-0.15, -0.1) is 0 Å². The molecule has 0 saturated heterocycles. The van der Waals surface area contributed by atoms with Gasteiger partial charge in [-0.25, -0.2) is 0 Å². The summed E-state index contributed by atoms with van der Waals surface area (Å²) in [5.74, 6) is -0.576. The largest absolute Gasteiger partial charge is 0.360 e. The number of carbonyl (C=O) groups is 1. The van der Waals surface area contributed by atoms with E-state index in [0.29, 0.717) is 11.3 Å². The molecule has 2 N–H and O–H groups in total. The molecule has 112 valence electrons. The number of benzene rings is 2. The van der Waals surface area contributed by atoms with Crippen molar-refractivity contribution in [3.8, 4) is 12.1 Å². The zero-order valence-corrected chi connectivity index (χ0v) is 14.0. The molecule has 0 fully saturated rings. The van der Waals surface area contributed by atoms with Crippen molar-refractivity contribution in [3.63, 3.8) is 0 Å². The highest BCUT2D eigenvalue weighted by Gasteiger charge is 2.11. The fourth-order valence-electron chi connectivity index (χ4n) is 1.73. The van der Waals surface area contributed by atoms with Crippen LogP contribution < -0.4 is 10.6 Å². The van der Waals surface area contributed by atoms with Gasteiger partial charge in [0.25, 0.3) is 5.91 Å². The molecule has 0 heterocycles. The number of carbonyl (C=O) groups excluding carboxylic acids is 1. The number of nitriles is 2. The minimum absolute atomic E-state index is 0.0868. The highest BCUT2D eigenvalue weighted by molar-refractivity contribution is 14.1.